The zero-order chi connectivity index (χ0) is 7.94. The standard InChI is InChI=1S/C7H8N2O2/c10-6-11-2-1-7-3-8-5-9-4-7/h3-6H,1-2H2. The number of nitrogens with zero attached hydrogens (tertiary/aromatic N) is 2. The van der Waals surface area contributed by atoms with Crippen molar-refractivity contribution < 1.29 is 9.53 Å². The van der Waals surface area contributed by atoms with Gasteiger partial charge in [0.15, 0.2) is 0 Å². The number of rotatable bonds is 4. The van der Waals surface area contributed by atoms with Gasteiger partial charge in [-0.3, -0.25) is 4.79 Å². The SMILES string of the molecule is O=COCCc1cncnc1. The summed E-state index contributed by atoms with van der Waals surface area (Å²) < 4.78 is 4.50. The molecule has 0 aliphatic rings. The molecule has 0 radical (unpaired) electrons. The van der Waals surface area contributed by atoms with Crippen molar-refractivity contribution in [2.75, 3.05) is 6.61 Å². The summed E-state index contributed by atoms with van der Waals surface area (Å²) >= 11 is 0. The summed E-state index contributed by atoms with van der Waals surface area (Å²) in [5.41, 5.74) is 0.967. The molecule has 0 unspecified atom stereocenters. The van der Waals surface area contributed by atoms with Crippen LogP contribution in [0.15, 0.2) is 18.7 Å². The molecule has 0 bridgehead atoms. The van der Waals surface area contributed by atoms with Gasteiger partial charge in [0.2, 0.25) is 0 Å². The van der Waals surface area contributed by atoms with Crippen LogP contribution in [0.1, 0.15) is 5.56 Å². The van der Waals surface area contributed by atoms with E-state index in [0.29, 0.717) is 19.5 Å². The van der Waals surface area contributed by atoms with Crippen LogP contribution in [-0.2, 0) is 16.0 Å². The van der Waals surface area contributed by atoms with Gasteiger partial charge in [-0.1, -0.05) is 0 Å². The summed E-state index contributed by atoms with van der Waals surface area (Å²) in [4.78, 5) is 17.4. The lowest BCUT2D eigenvalue weighted by molar-refractivity contribution is -0.128. The van der Waals surface area contributed by atoms with Crippen LogP contribution in [0.25, 0.3) is 0 Å². The van der Waals surface area contributed by atoms with E-state index in [2.05, 4.69) is 14.7 Å². The predicted molar refractivity (Wildman–Crippen MR) is 37.8 cm³/mol. The van der Waals surface area contributed by atoms with Gasteiger partial charge in [-0.25, -0.2) is 9.97 Å². The van der Waals surface area contributed by atoms with Gasteiger partial charge in [0.05, 0.1) is 6.61 Å². The van der Waals surface area contributed by atoms with Crippen LogP contribution in [0.4, 0.5) is 0 Å². The van der Waals surface area contributed by atoms with E-state index in [9.17, 15) is 4.79 Å². The first-order valence-corrected chi connectivity index (χ1v) is 3.22. The maximum Gasteiger partial charge on any atom is 0.293 e. The van der Waals surface area contributed by atoms with Crippen molar-refractivity contribution in [3.8, 4) is 0 Å². The summed E-state index contributed by atoms with van der Waals surface area (Å²) in [6.07, 6.45) is 5.52. The molecule has 0 aromatic carbocycles. The van der Waals surface area contributed by atoms with E-state index in [4.69, 9.17) is 0 Å². The minimum absolute atomic E-state index is 0.386. The molecule has 1 aromatic rings. The summed E-state index contributed by atoms with van der Waals surface area (Å²) in [5, 5.41) is 0. The second-order valence-electron chi connectivity index (χ2n) is 1.96. The van der Waals surface area contributed by atoms with Gasteiger partial charge >= 0.3 is 0 Å². The number of ether oxygens (including phenoxy) is 1. The zero-order valence-corrected chi connectivity index (χ0v) is 5.93. The lowest BCUT2D eigenvalue weighted by atomic mass is 10.3. The molecule has 0 saturated heterocycles. The van der Waals surface area contributed by atoms with Crippen molar-refractivity contribution in [1.82, 2.24) is 9.97 Å². The Morgan fingerprint density at radius 1 is 1.45 bits per heavy atom. The molecule has 0 fully saturated rings. The van der Waals surface area contributed by atoms with E-state index in [-0.39, 0.29) is 0 Å². The first-order valence-electron chi connectivity index (χ1n) is 3.22. The molecular formula is C7H8N2O2. The maximum atomic E-state index is 9.74. The zero-order valence-electron chi connectivity index (χ0n) is 5.93. The quantitative estimate of drug-likeness (QED) is 0.456. The summed E-state index contributed by atoms with van der Waals surface area (Å²) in [7, 11) is 0. The van der Waals surface area contributed by atoms with E-state index < -0.39 is 0 Å². The highest BCUT2D eigenvalue weighted by Crippen LogP contribution is 1.93. The molecule has 0 aliphatic carbocycles. The van der Waals surface area contributed by atoms with Crippen LogP contribution >= 0.6 is 0 Å². The molecule has 0 aliphatic heterocycles. The first kappa shape index (κ1) is 7.65. The fourth-order valence-corrected chi connectivity index (χ4v) is 0.684. The van der Waals surface area contributed by atoms with Crippen molar-refractivity contribution in [2.45, 2.75) is 6.42 Å². The average molecular weight is 152 g/mol. The highest BCUT2D eigenvalue weighted by molar-refractivity contribution is 5.36. The molecule has 1 aromatic heterocycles. The molecule has 0 N–H and O–H groups in total. The van der Waals surface area contributed by atoms with Gasteiger partial charge in [0.25, 0.3) is 6.47 Å². The minimum atomic E-state index is 0.386. The van der Waals surface area contributed by atoms with Crippen molar-refractivity contribution in [3.05, 3.63) is 24.3 Å². The lowest BCUT2D eigenvalue weighted by Gasteiger charge is -1.96. The van der Waals surface area contributed by atoms with Crippen LogP contribution in [0.2, 0.25) is 0 Å². The molecule has 1 heterocycles. The average Bonchev–Trinajstić information content (AvgIpc) is 2.07. The number of carbonyl (C=O) groups is 1. The highest BCUT2D eigenvalue weighted by Gasteiger charge is 1.91. The molecular weight excluding hydrogens is 144 g/mol. The summed E-state index contributed by atoms with van der Waals surface area (Å²) in [6, 6.07) is 0. The third-order valence-corrected chi connectivity index (χ3v) is 1.19. The van der Waals surface area contributed by atoms with E-state index in [1.165, 1.54) is 6.33 Å². The van der Waals surface area contributed by atoms with Crippen LogP contribution < -0.4 is 0 Å². The Labute approximate surface area is 64.2 Å². The van der Waals surface area contributed by atoms with Gasteiger partial charge < -0.3 is 4.74 Å². The van der Waals surface area contributed by atoms with Gasteiger partial charge in [0, 0.05) is 18.8 Å². The molecule has 0 atom stereocenters. The Balaban J connectivity index is 2.33. The molecule has 0 saturated carbocycles. The normalized spacial score (nSPS) is 9.09. The van der Waals surface area contributed by atoms with Crippen molar-refractivity contribution >= 4 is 6.47 Å². The van der Waals surface area contributed by atoms with Gasteiger partial charge in [-0.15, -0.1) is 0 Å². The number of carbonyl (C=O) groups excluding carboxylic acids is 1. The Hall–Kier alpha value is -1.45. The molecule has 0 spiro atoms. The number of hydrogen-bond donors (Lipinski definition) is 0. The smallest absolute Gasteiger partial charge is 0.293 e. The van der Waals surface area contributed by atoms with Crippen LogP contribution in [0.5, 0.6) is 0 Å². The Kier molecular flexibility index (Phi) is 3.05. The second-order valence-corrected chi connectivity index (χ2v) is 1.96. The van der Waals surface area contributed by atoms with Crippen molar-refractivity contribution in [2.24, 2.45) is 0 Å². The fourth-order valence-electron chi connectivity index (χ4n) is 0.684. The van der Waals surface area contributed by atoms with Crippen LogP contribution in [-0.4, -0.2) is 23.0 Å². The van der Waals surface area contributed by atoms with Crippen LogP contribution in [0.3, 0.4) is 0 Å². The third kappa shape index (κ3) is 2.75. The van der Waals surface area contributed by atoms with E-state index in [1.54, 1.807) is 12.4 Å². The van der Waals surface area contributed by atoms with Crippen molar-refractivity contribution in [1.29, 1.82) is 0 Å². The Morgan fingerprint density at radius 2 is 2.18 bits per heavy atom. The lowest BCUT2D eigenvalue weighted by Crippen LogP contribution is -1.97. The largest absolute Gasteiger partial charge is 0.468 e. The minimum Gasteiger partial charge on any atom is -0.468 e. The van der Waals surface area contributed by atoms with Gasteiger partial charge in [-0.2, -0.15) is 0 Å². The van der Waals surface area contributed by atoms with Crippen molar-refractivity contribution in [3.63, 3.8) is 0 Å². The Morgan fingerprint density at radius 3 is 2.82 bits per heavy atom. The number of aromatic nitrogens is 2. The fraction of sp³-hybridized carbons (Fsp3) is 0.286. The van der Waals surface area contributed by atoms with E-state index in [0.717, 1.165) is 5.56 Å². The topological polar surface area (TPSA) is 52.1 Å². The number of hydrogen-bond acceptors (Lipinski definition) is 4. The highest BCUT2D eigenvalue weighted by atomic mass is 16.5. The molecule has 0 amide bonds. The molecule has 11 heavy (non-hydrogen) atoms. The van der Waals surface area contributed by atoms with Crippen LogP contribution in [0, 0.1) is 0 Å². The molecule has 1 rings (SSSR count). The maximum absolute atomic E-state index is 9.74. The summed E-state index contributed by atoms with van der Waals surface area (Å²) in [6.45, 7) is 0.820. The van der Waals surface area contributed by atoms with E-state index in [1.807, 2.05) is 0 Å². The predicted octanol–water partition coefficient (Wildman–Crippen LogP) is 0.192. The molecule has 4 heteroatoms. The van der Waals surface area contributed by atoms with Gasteiger partial charge in [0.1, 0.15) is 6.33 Å². The van der Waals surface area contributed by atoms with Gasteiger partial charge in [-0.05, 0) is 5.56 Å². The van der Waals surface area contributed by atoms with E-state index >= 15 is 0 Å². The monoisotopic (exact) mass is 152 g/mol. The first-order chi connectivity index (χ1) is 5.43. The molecule has 4 nitrogen and oxygen atoms in total. The Bertz CT molecular complexity index is 213. The third-order valence-electron chi connectivity index (χ3n) is 1.19. The molecule has 58 valence electrons. The summed E-state index contributed by atoms with van der Waals surface area (Å²) in [5.74, 6) is 0. The second kappa shape index (κ2) is 4.38.